The van der Waals surface area contributed by atoms with Gasteiger partial charge in [0.2, 0.25) is 0 Å². The van der Waals surface area contributed by atoms with Crippen LogP contribution < -0.4 is 9.64 Å². The molecule has 0 spiro atoms. The van der Waals surface area contributed by atoms with Crippen LogP contribution in [0.4, 0.5) is 11.5 Å². The molecule has 1 aliphatic heterocycles. The number of ether oxygens (including phenoxy) is 2. The monoisotopic (exact) mass is 387 g/mol. The van der Waals surface area contributed by atoms with Gasteiger partial charge in [-0.15, -0.1) is 0 Å². The zero-order valence-corrected chi connectivity index (χ0v) is 16.1. The van der Waals surface area contributed by atoms with Crippen molar-refractivity contribution in [2.45, 2.75) is 26.0 Å². The third kappa shape index (κ3) is 6.14. The average molecular weight is 387 g/mol. The second-order valence-corrected chi connectivity index (χ2v) is 7.12. The molecular formula is C19H25N5O4. The van der Waals surface area contributed by atoms with Gasteiger partial charge in [-0.3, -0.25) is 0 Å². The van der Waals surface area contributed by atoms with Crippen LogP contribution in [0.5, 0.6) is 11.8 Å². The van der Waals surface area contributed by atoms with Crippen LogP contribution in [0, 0.1) is 0 Å². The summed E-state index contributed by atoms with van der Waals surface area (Å²) in [5.41, 5.74) is 0.306. The molecule has 0 saturated carbocycles. The van der Waals surface area contributed by atoms with Gasteiger partial charge in [0.1, 0.15) is 24.7 Å². The Bertz CT molecular complexity index is 799. The quantitative estimate of drug-likeness (QED) is 0.702. The molecule has 1 fully saturated rings. The molecule has 3 rings (SSSR count). The number of morpholine rings is 1. The maximum Gasteiger partial charge on any atom is 0.318 e. The molecule has 2 heterocycles. The molecule has 2 aromatic rings. The summed E-state index contributed by atoms with van der Waals surface area (Å²) in [7, 11) is 0. The van der Waals surface area contributed by atoms with Crippen molar-refractivity contribution in [3.05, 3.63) is 36.0 Å². The number of azo groups is 1. The molecule has 1 aromatic heterocycles. The van der Waals surface area contributed by atoms with E-state index in [0.717, 1.165) is 18.9 Å². The third-order valence-corrected chi connectivity index (χ3v) is 3.90. The molecular weight excluding hydrogens is 362 g/mol. The van der Waals surface area contributed by atoms with Gasteiger partial charge < -0.3 is 24.6 Å². The summed E-state index contributed by atoms with van der Waals surface area (Å²) < 4.78 is 11.0. The van der Waals surface area contributed by atoms with Crippen molar-refractivity contribution in [2.24, 2.45) is 10.2 Å². The summed E-state index contributed by atoms with van der Waals surface area (Å²) in [6.45, 7) is 6.39. The third-order valence-electron chi connectivity index (χ3n) is 3.90. The number of rotatable bonds is 7. The topological polar surface area (TPSA) is 113 Å². The van der Waals surface area contributed by atoms with Crippen LogP contribution in [-0.2, 0) is 11.3 Å². The number of anilines is 1. The van der Waals surface area contributed by atoms with Gasteiger partial charge in [-0.05, 0) is 38.1 Å². The number of phenols is 1. The van der Waals surface area contributed by atoms with Gasteiger partial charge in [-0.2, -0.15) is 20.2 Å². The van der Waals surface area contributed by atoms with E-state index in [2.05, 4.69) is 25.1 Å². The van der Waals surface area contributed by atoms with Gasteiger partial charge in [-0.1, -0.05) is 0 Å². The van der Waals surface area contributed by atoms with Gasteiger partial charge in [-0.25, -0.2) is 0 Å². The Balaban J connectivity index is 1.76. The first-order valence-corrected chi connectivity index (χ1v) is 9.11. The summed E-state index contributed by atoms with van der Waals surface area (Å²) >= 11 is 0. The number of aromatic hydroxyl groups is 1. The number of hydrogen-bond acceptors (Lipinski definition) is 9. The smallest absolute Gasteiger partial charge is 0.318 e. The number of aromatic nitrogens is 2. The molecule has 0 aliphatic carbocycles. The highest BCUT2D eigenvalue weighted by atomic mass is 16.5. The van der Waals surface area contributed by atoms with Crippen LogP contribution in [0.3, 0.4) is 0 Å². The highest BCUT2D eigenvalue weighted by molar-refractivity contribution is 5.42. The first kappa shape index (κ1) is 20.0. The number of aliphatic hydroxyl groups is 1. The summed E-state index contributed by atoms with van der Waals surface area (Å²) in [6.07, 6.45) is 0. The Morgan fingerprint density at radius 3 is 2.57 bits per heavy atom. The van der Waals surface area contributed by atoms with Crippen LogP contribution in [0.25, 0.3) is 0 Å². The predicted molar refractivity (Wildman–Crippen MR) is 103 cm³/mol. The van der Waals surface area contributed by atoms with Gasteiger partial charge >= 0.3 is 6.01 Å². The fourth-order valence-electron chi connectivity index (χ4n) is 2.51. The zero-order valence-electron chi connectivity index (χ0n) is 16.1. The zero-order chi connectivity index (χ0) is 20.0. The highest BCUT2D eigenvalue weighted by Crippen LogP contribution is 2.21. The maximum absolute atomic E-state index is 9.89. The average Bonchev–Trinajstić information content (AvgIpc) is 2.68. The first-order chi connectivity index (χ1) is 13.4. The highest BCUT2D eigenvalue weighted by Gasteiger charge is 2.18. The number of phenolic OH excluding ortho intramolecular Hbond substituents is 1. The Morgan fingerprint density at radius 2 is 1.89 bits per heavy atom. The van der Waals surface area contributed by atoms with E-state index in [4.69, 9.17) is 9.47 Å². The van der Waals surface area contributed by atoms with Crippen LogP contribution in [-0.4, -0.2) is 58.7 Å². The molecule has 0 amide bonds. The standard InChI is InChI=1S/C19H25N5O4/c1-19(2,26)13-28-18-21-15(11-17(22-18)24-7-9-27-10-8-24)12-20-23-14-3-5-16(25)6-4-14/h3-6,11,25-26H,7-10,12-13H2,1-2H3. The van der Waals surface area contributed by atoms with E-state index < -0.39 is 5.60 Å². The van der Waals surface area contributed by atoms with Crippen molar-refractivity contribution < 1.29 is 19.7 Å². The largest absolute Gasteiger partial charge is 0.508 e. The summed E-state index contributed by atoms with van der Waals surface area (Å²) in [5, 5.41) is 27.5. The Kier molecular flexibility index (Phi) is 6.37. The van der Waals surface area contributed by atoms with E-state index in [9.17, 15) is 10.2 Å². The minimum atomic E-state index is -0.989. The van der Waals surface area contributed by atoms with Crippen molar-refractivity contribution in [3.8, 4) is 11.8 Å². The normalized spacial score (nSPS) is 15.2. The molecule has 1 saturated heterocycles. The van der Waals surface area contributed by atoms with E-state index in [1.807, 2.05) is 6.07 Å². The van der Waals surface area contributed by atoms with E-state index in [0.29, 0.717) is 24.6 Å². The molecule has 1 aliphatic rings. The van der Waals surface area contributed by atoms with Gasteiger partial charge in [0, 0.05) is 19.2 Å². The van der Waals surface area contributed by atoms with Crippen molar-refractivity contribution in [3.63, 3.8) is 0 Å². The second-order valence-electron chi connectivity index (χ2n) is 7.12. The summed E-state index contributed by atoms with van der Waals surface area (Å²) in [4.78, 5) is 10.9. The molecule has 28 heavy (non-hydrogen) atoms. The van der Waals surface area contributed by atoms with Gasteiger partial charge in [0.05, 0.1) is 30.2 Å². The van der Waals surface area contributed by atoms with Gasteiger partial charge in [0.25, 0.3) is 0 Å². The Labute approximate surface area is 163 Å². The van der Waals surface area contributed by atoms with Crippen LogP contribution in [0.1, 0.15) is 19.5 Å². The van der Waals surface area contributed by atoms with E-state index in [1.165, 1.54) is 0 Å². The van der Waals surface area contributed by atoms with Crippen LogP contribution >= 0.6 is 0 Å². The van der Waals surface area contributed by atoms with E-state index >= 15 is 0 Å². The number of hydrogen-bond donors (Lipinski definition) is 2. The van der Waals surface area contributed by atoms with E-state index in [1.54, 1.807) is 38.1 Å². The Morgan fingerprint density at radius 1 is 1.18 bits per heavy atom. The first-order valence-electron chi connectivity index (χ1n) is 9.11. The van der Waals surface area contributed by atoms with Gasteiger partial charge in [0.15, 0.2) is 0 Å². The number of nitrogens with zero attached hydrogens (tertiary/aromatic N) is 5. The lowest BCUT2D eigenvalue weighted by Crippen LogP contribution is -2.37. The molecule has 9 heteroatoms. The van der Waals surface area contributed by atoms with Crippen LogP contribution in [0.15, 0.2) is 40.6 Å². The maximum atomic E-state index is 9.89. The molecule has 0 unspecified atom stereocenters. The lowest BCUT2D eigenvalue weighted by atomic mass is 10.2. The van der Waals surface area contributed by atoms with E-state index in [-0.39, 0.29) is 24.9 Å². The summed E-state index contributed by atoms with van der Waals surface area (Å²) in [5.74, 6) is 0.914. The molecule has 2 N–H and O–H groups in total. The van der Waals surface area contributed by atoms with Crippen molar-refractivity contribution in [2.75, 3.05) is 37.8 Å². The fraction of sp³-hybridized carbons (Fsp3) is 0.474. The van der Waals surface area contributed by atoms with Crippen molar-refractivity contribution in [1.82, 2.24) is 9.97 Å². The molecule has 0 radical (unpaired) electrons. The SMILES string of the molecule is CC(C)(O)COc1nc(CN=Nc2ccc(O)cc2)cc(N2CCOCC2)n1. The molecule has 1 aromatic carbocycles. The summed E-state index contributed by atoms with van der Waals surface area (Å²) in [6, 6.07) is 8.51. The second kappa shape index (κ2) is 8.94. The lowest BCUT2D eigenvalue weighted by molar-refractivity contribution is 0.0249. The van der Waals surface area contributed by atoms with Crippen LogP contribution in [0.2, 0.25) is 0 Å². The molecule has 0 bridgehead atoms. The molecule has 9 nitrogen and oxygen atoms in total. The Hall–Kier alpha value is -2.78. The van der Waals surface area contributed by atoms with Crippen molar-refractivity contribution >= 4 is 11.5 Å². The minimum absolute atomic E-state index is 0.0774. The van der Waals surface area contributed by atoms with Crippen molar-refractivity contribution in [1.29, 1.82) is 0 Å². The number of benzene rings is 1. The fourth-order valence-corrected chi connectivity index (χ4v) is 2.51. The predicted octanol–water partition coefficient (Wildman–Crippen LogP) is 2.45. The lowest BCUT2D eigenvalue weighted by Gasteiger charge is -2.28. The molecule has 150 valence electrons. The minimum Gasteiger partial charge on any atom is -0.508 e. The molecule has 0 atom stereocenters.